The third kappa shape index (κ3) is 12.5. The van der Waals surface area contributed by atoms with Gasteiger partial charge in [0.1, 0.15) is 0 Å². The normalized spacial score (nSPS) is 14.0. The van der Waals surface area contributed by atoms with Crippen molar-refractivity contribution in [2.24, 2.45) is 0 Å². The van der Waals surface area contributed by atoms with Gasteiger partial charge in [-0.2, -0.15) is 0 Å². The Morgan fingerprint density at radius 1 is 0.511 bits per heavy atom. The lowest BCUT2D eigenvalue weighted by Crippen LogP contribution is -2.25. The molecule has 6 nitrogen and oxygen atoms in total. The van der Waals surface area contributed by atoms with E-state index < -0.39 is 15.2 Å². The molecule has 0 spiro atoms. The first-order valence-electron chi connectivity index (χ1n) is 18.0. The highest BCUT2D eigenvalue weighted by molar-refractivity contribution is 9.10. The molecule has 0 aromatic heterocycles. The van der Waals surface area contributed by atoms with Crippen LogP contribution in [0.15, 0.2) is 45.3 Å². The van der Waals surface area contributed by atoms with Crippen LogP contribution < -0.4 is 0 Å². The van der Waals surface area contributed by atoms with Gasteiger partial charge in [-0.05, 0) is 99.9 Å². The molecule has 0 amide bonds. The van der Waals surface area contributed by atoms with Gasteiger partial charge in [0.15, 0.2) is 0 Å². The first-order valence-corrected chi connectivity index (χ1v) is 23.1. The number of benzene rings is 2. The van der Waals surface area contributed by atoms with Gasteiger partial charge >= 0.3 is 15.2 Å². The third-order valence-electron chi connectivity index (χ3n) is 9.16. The number of hydrogen-bond donors (Lipinski definition) is 0. The van der Waals surface area contributed by atoms with E-state index in [-0.39, 0.29) is 5.41 Å². The summed E-state index contributed by atoms with van der Waals surface area (Å²) in [5.41, 5.74) is 5.67. The molecule has 0 fully saturated rings. The van der Waals surface area contributed by atoms with E-state index in [9.17, 15) is 9.13 Å². The van der Waals surface area contributed by atoms with E-state index in [4.69, 9.17) is 18.1 Å². The fourth-order valence-electron chi connectivity index (χ4n) is 7.10. The first-order chi connectivity index (χ1) is 22.7. The fraction of sp³-hybridized carbons (Fsp3) is 0.676. The van der Waals surface area contributed by atoms with Gasteiger partial charge in [-0.3, -0.25) is 9.13 Å². The van der Waals surface area contributed by atoms with Gasteiger partial charge in [-0.15, -0.1) is 0 Å². The van der Waals surface area contributed by atoms with Crippen molar-refractivity contribution in [1.29, 1.82) is 0 Å². The summed E-state index contributed by atoms with van der Waals surface area (Å²) in [5.74, 6) is 0. The van der Waals surface area contributed by atoms with Gasteiger partial charge in [0.2, 0.25) is 0 Å². The fourth-order valence-corrected chi connectivity index (χ4v) is 11.3. The minimum Gasteiger partial charge on any atom is -0.309 e. The summed E-state index contributed by atoms with van der Waals surface area (Å²) in [4.78, 5) is 0. The molecule has 0 aliphatic heterocycles. The minimum atomic E-state index is -2.94. The third-order valence-corrected chi connectivity index (χ3v) is 14.5. The zero-order valence-corrected chi connectivity index (χ0v) is 34.2. The van der Waals surface area contributed by atoms with Gasteiger partial charge in [0.25, 0.3) is 0 Å². The standard InChI is InChI=1S/C37H58Br2O6P2/c1-5-42-46(40,43-6-2)27-19-15-11-9-13-17-25-37(26-18-14-10-12-16-20-28-47(41,44-7-3)45-8-4)35-29-31(38)21-23-33(35)34-24-22-32(39)30-36(34)37/h21-24,29-30H,5-20,25-28H2,1-4H3. The quantitative estimate of drug-likeness (QED) is 0.0695. The van der Waals surface area contributed by atoms with Crippen LogP contribution in [0.25, 0.3) is 11.1 Å². The summed E-state index contributed by atoms with van der Waals surface area (Å²) in [6.07, 6.45) is 16.5. The second kappa shape index (κ2) is 21.2. The molecule has 0 bridgehead atoms. The average molecular weight is 821 g/mol. The van der Waals surface area contributed by atoms with Gasteiger partial charge in [0, 0.05) is 14.4 Å². The highest BCUT2D eigenvalue weighted by Crippen LogP contribution is 2.55. The molecule has 0 saturated carbocycles. The molecule has 3 rings (SSSR count). The van der Waals surface area contributed by atoms with Crippen molar-refractivity contribution in [3.8, 4) is 11.1 Å². The van der Waals surface area contributed by atoms with E-state index in [2.05, 4.69) is 68.3 Å². The number of rotatable bonds is 26. The van der Waals surface area contributed by atoms with Crippen LogP contribution >= 0.6 is 47.1 Å². The van der Waals surface area contributed by atoms with E-state index in [1.54, 1.807) is 0 Å². The van der Waals surface area contributed by atoms with Gasteiger partial charge in [0.05, 0.1) is 38.8 Å². The Morgan fingerprint density at radius 3 is 1.17 bits per heavy atom. The van der Waals surface area contributed by atoms with E-state index in [0.29, 0.717) is 38.8 Å². The number of halogens is 2. The van der Waals surface area contributed by atoms with Crippen molar-refractivity contribution >= 4 is 47.1 Å². The second-order valence-corrected chi connectivity index (χ2v) is 18.7. The highest BCUT2D eigenvalue weighted by Gasteiger charge is 2.42. The van der Waals surface area contributed by atoms with E-state index in [0.717, 1.165) is 60.3 Å². The monoisotopic (exact) mass is 818 g/mol. The summed E-state index contributed by atoms with van der Waals surface area (Å²) < 4.78 is 49.6. The molecule has 1 aliphatic carbocycles. The van der Waals surface area contributed by atoms with Gasteiger partial charge in [-0.25, -0.2) is 0 Å². The minimum absolute atomic E-state index is 0.00146. The van der Waals surface area contributed by atoms with E-state index in [1.807, 2.05) is 27.7 Å². The summed E-state index contributed by atoms with van der Waals surface area (Å²) >= 11 is 7.58. The Balaban J connectivity index is 1.58. The Hall–Kier alpha value is -0.300. The lowest BCUT2D eigenvalue weighted by molar-refractivity contribution is 0.218. The molecule has 0 heterocycles. The molecular formula is C37H58Br2O6P2. The second-order valence-electron chi connectivity index (χ2n) is 12.5. The van der Waals surface area contributed by atoms with Crippen molar-refractivity contribution in [3.63, 3.8) is 0 Å². The van der Waals surface area contributed by atoms with Crippen LogP contribution in [-0.4, -0.2) is 38.8 Å². The molecule has 0 N–H and O–H groups in total. The molecule has 2 aromatic carbocycles. The molecular weight excluding hydrogens is 762 g/mol. The van der Waals surface area contributed by atoms with Crippen molar-refractivity contribution in [2.45, 2.75) is 123 Å². The van der Waals surface area contributed by atoms with Crippen LogP contribution in [0.1, 0.15) is 129 Å². The maximum absolute atomic E-state index is 12.8. The lowest BCUT2D eigenvalue weighted by atomic mass is 9.70. The van der Waals surface area contributed by atoms with Crippen molar-refractivity contribution in [3.05, 3.63) is 56.5 Å². The van der Waals surface area contributed by atoms with Crippen molar-refractivity contribution in [2.75, 3.05) is 38.8 Å². The Morgan fingerprint density at radius 2 is 0.830 bits per heavy atom. The van der Waals surface area contributed by atoms with Crippen LogP contribution in [0.5, 0.6) is 0 Å². The van der Waals surface area contributed by atoms with Crippen LogP contribution in [-0.2, 0) is 32.6 Å². The molecule has 0 radical (unpaired) electrons. The largest absolute Gasteiger partial charge is 0.330 e. The summed E-state index contributed by atoms with van der Waals surface area (Å²) in [7, 11) is -5.88. The first kappa shape index (κ1) is 41.1. The summed E-state index contributed by atoms with van der Waals surface area (Å²) in [6, 6.07) is 13.7. The Bertz CT molecular complexity index is 1200. The molecule has 2 aromatic rings. The Kier molecular flexibility index (Phi) is 18.5. The average Bonchev–Trinajstić information content (AvgIpc) is 3.28. The van der Waals surface area contributed by atoms with Gasteiger partial charge in [-0.1, -0.05) is 108 Å². The molecule has 266 valence electrons. The smallest absolute Gasteiger partial charge is 0.309 e. The molecule has 0 atom stereocenters. The van der Waals surface area contributed by atoms with Crippen LogP contribution in [0, 0.1) is 0 Å². The molecule has 0 saturated heterocycles. The highest BCUT2D eigenvalue weighted by atomic mass is 79.9. The zero-order chi connectivity index (χ0) is 34.2. The van der Waals surface area contributed by atoms with Crippen molar-refractivity contribution in [1.82, 2.24) is 0 Å². The van der Waals surface area contributed by atoms with Crippen LogP contribution in [0.4, 0.5) is 0 Å². The van der Waals surface area contributed by atoms with E-state index in [1.165, 1.54) is 60.8 Å². The SMILES string of the molecule is CCOP(=O)(CCCCCCCCC1(CCCCCCCCP(=O)(OCC)OCC)c2cc(Br)ccc2-c2ccc(Br)cc21)OCC. The molecule has 0 unspecified atom stereocenters. The number of unbranched alkanes of at least 4 members (excludes halogenated alkanes) is 10. The predicted octanol–water partition coefficient (Wildman–Crippen LogP) is 13.5. The number of hydrogen-bond acceptors (Lipinski definition) is 6. The predicted molar refractivity (Wildman–Crippen MR) is 204 cm³/mol. The molecule has 1 aliphatic rings. The zero-order valence-electron chi connectivity index (χ0n) is 29.2. The van der Waals surface area contributed by atoms with E-state index >= 15 is 0 Å². The summed E-state index contributed by atoms with van der Waals surface area (Å²) in [6.45, 7) is 9.17. The molecule has 47 heavy (non-hydrogen) atoms. The van der Waals surface area contributed by atoms with Crippen molar-refractivity contribution < 1.29 is 27.2 Å². The maximum Gasteiger partial charge on any atom is 0.330 e. The topological polar surface area (TPSA) is 71.1 Å². The summed E-state index contributed by atoms with van der Waals surface area (Å²) in [5, 5.41) is 0. The maximum atomic E-state index is 12.8. The lowest BCUT2D eigenvalue weighted by Gasteiger charge is -2.33. The van der Waals surface area contributed by atoms with Crippen LogP contribution in [0.2, 0.25) is 0 Å². The van der Waals surface area contributed by atoms with Crippen LogP contribution in [0.3, 0.4) is 0 Å². The molecule has 10 heteroatoms. The van der Waals surface area contributed by atoms with Gasteiger partial charge < -0.3 is 18.1 Å². The number of fused-ring (bicyclic) bond motifs is 3. The Labute approximate surface area is 302 Å².